The number of fused-ring (bicyclic) bond motifs is 1. The van der Waals surface area contributed by atoms with Crippen molar-refractivity contribution in [1.29, 1.82) is 0 Å². The molecule has 1 aliphatic rings. The molecule has 2 heterocycles. The highest BCUT2D eigenvalue weighted by atomic mass is 16.3. The van der Waals surface area contributed by atoms with E-state index in [1.54, 1.807) is 11.1 Å². The summed E-state index contributed by atoms with van der Waals surface area (Å²) in [6.07, 6.45) is 1.75. The molecule has 0 radical (unpaired) electrons. The summed E-state index contributed by atoms with van der Waals surface area (Å²) in [5, 5.41) is 12.3. The molecule has 2 aromatic rings. The predicted molar refractivity (Wildman–Crippen MR) is 90.9 cm³/mol. The molecule has 1 amide bonds. The van der Waals surface area contributed by atoms with Gasteiger partial charge in [0.15, 0.2) is 5.60 Å². The number of pyridine rings is 1. The number of nitrogens with zero attached hydrogens (tertiary/aromatic N) is 2. The number of rotatable bonds is 2. The molecule has 0 saturated carbocycles. The first-order valence-electron chi connectivity index (χ1n) is 8.08. The summed E-state index contributed by atoms with van der Waals surface area (Å²) in [6, 6.07) is 9.48. The minimum atomic E-state index is -1.41. The Balaban J connectivity index is 2.23. The first-order valence-corrected chi connectivity index (χ1v) is 8.08. The van der Waals surface area contributed by atoms with Crippen LogP contribution >= 0.6 is 0 Å². The Labute approximate surface area is 137 Å². The molecule has 1 saturated heterocycles. The van der Waals surface area contributed by atoms with E-state index in [1.807, 2.05) is 65.0 Å². The Morgan fingerprint density at radius 1 is 1.22 bits per heavy atom. The second-order valence-electron chi connectivity index (χ2n) is 7.65. The number of likely N-dealkylation sites (tertiary alicyclic amines) is 1. The topological polar surface area (TPSA) is 53.4 Å². The smallest absolute Gasteiger partial charge is 0.258 e. The van der Waals surface area contributed by atoms with Crippen LogP contribution in [0.1, 0.15) is 46.2 Å². The number of carbonyl (C=O) groups excluding carboxylic acids is 1. The number of carbonyl (C=O) groups is 1. The van der Waals surface area contributed by atoms with Crippen LogP contribution in [0.5, 0.6) is 0 Å². The van der Waals surface area contributed by atoms with Gasteiger partial charge in [0.2, 0.25) is 0 Å². The zero-order chi connectivity index (χ0) is 17.0. The lowest BCUT2D eigenvalue weighted by atomic mass is 9.62. The summed E-state index contributed by atoms with van der Waals surface area (Å²) >= 11 is 0. The molecule has 1 N–H and O–H groups in total. The third-order valence-electron chi connectivity index (χ3n) is 4.89. The Morgan fingerprint density at radius 3 is 2.48 bits per heavy atom. The molecule has 1 fully saturated rings. The average Bonchev–Trinajstić information content (AvgIpc) is 2.49. The number of hydrogen-bond donors (Lipinski definition) is 1. The summed E-state index contributed by atoms with van der Waals surface area (Å²) in [4.78, 5) is 19.0. The Hall–Kier alpha value is -1.94. The molecule has 2 unspecified atom stereocenters. The fourth-order valence-electron chi connectivity index (χ4n) is 3.55. The van der Waals surface area contributed by atoms with E-state index < -0.39 is 11.0 Å². The normalized spacial score (nSPS) is 25.1. The van der Waals surface area contributed by atoms with E-state index in [4.69, 9.17) is 0 Å². The van der Waals surface area contributed by atoms with E-state index in [1.165, 1.54) is 0 Å². The van der Waals surface area contributed by atoms with E-state index in [0.717, 1.165) is 16.5 Å². The highest BCUT2D eigenvalue weighted by molar-refractivity contribution is 5.96. The van der Waals surface area contributed by atoms with Crippen molar-refractivity contribution in [3.8, 4) is 0 Å². The lowest BCUT2D eigenvalue weighted by Crippen LogP contribution is -2.74. The molecule has 3 rings (SSSR count). The molecule has 1 aromatic heterocycles. The van der Waals surface area contributed by atoms with Crippen LogP contribution in [-0.2, 0) is 4.79 Å². The first-order chi connectivity index (χ1) is 10.7. The van der Waals surface area contributed by atoms with E-state index in [9.17, 15) is 9.90 Å². The monoisotopic (exact) mass is 312 g/mol. The first kappa shape index (κ1) is 15.9. The number of benzene rings is 1. The number of hydrogen-bond acceptors (Lipinski definition) is 3. The summed E-state index contributed by atoms with van der Waals surface area (Å²) in [6.45, 7) is 9.69. The fourth-order valence-corrected chi connectivity index (χ4v) is 3.55. The third-order valence-corrected chi connectivity index (χ3v) is 4.89. The summed E-state index contributed by atoms with van der Waals surface area (Å²) in [5.74, 6) is -0.196. The van der Waals surface area contributed by atoms with E-state index in [-0.39, 0.29) is 18.0 Å². The molecule has 4 heteroatoms. The van der Waals surface area contributed by atoms with Crippen LogP contribution in [0.2, 0.25) is 0 Å². The van der Waals surface area contributed by atoms with Crippen LogP contribution < -0.4 is 0 Å². The minimum absolute atomic E-state index is 0.0223. The van der Waals surface area contributed by atoms with Crippen LogP contribution in [0.3, 0.4) is 0 Å². The van der Waals surface area contributed by atoms with Crippen LogP contribution in [0, 0.1) is 5.41 Å². The van der Waals surface area contributed by atoms with Gasteiger partial charge in [-0.05, 0) is 19.9 Å². The van der Waals surface area contributed by atoms with E-state index >= 15 is 0 Å². The Morgan fingerprint density at radius 2 is 1.87 bits per heavy atom. The maximum atomic E-state index is 12.7. The number of aliphatic hydroxyl groups is 1. The average molecular weight is 312 g/mol. The van der Waals surface area contributed by atoms with Crippen molar-refractivity contribution in [2.75, 3.05) is 0 Å². The van der Waals surface area contributed by atoms with Gasteiger partial charge in [-0.1, -0.05) is 45.0 Å². The van der Waals surface area contributed by atoms with Crippen molar-refractivity contribution >= 4 is 16.8 Å². The van der Waals surface area contributed by atoms with Gasteiger partial charge in [-0.2, -0.15) is 0 Å². The van der Waals surface area contributed by atoms with Crippen molar-refractivity contribution in [2.45, 2.75) is 52.3 Å². The second-order valence-corrected chi connectivity index (χ2v) is 7.65. The van der Waals surface area contributed by atoms with Crippen molar-refractivity contribution in [3.63, 3.8) is 0 Å². The molecule has 122 valence electrons. The predicted octanol–water partition coefficient (Wildman–Crippen LogP) is 3.30. The number of amides is 1. The lowest BCUT2D eigenvalue weighted by molar-refractivity contribution is -0.221. The second kappa shape index (κ2) is 5.03. The molecule has 1 aromatic carbocycles. The number of aromatic nitrogens is 1. The SMILES string of the molecule is CC(C)N1C(=O)C(O)(C(C)(C)C)C1c1cccc2cccnc12. The molecular weight excluding hydrogens is 288 g/mol. The van der Waals surface area contributed by atoms with Gasteiger partial charge in [-0.3, -0.25) is 9.78 Å². The van der Waals surface area contributed by atoms with Gasteiger partial charge in [-0.25, -0.2) is 0 Å². The van der Waals surface area contributed by atoms with E-state index in [2.05, 4.69) is 4.98 Å². The summed E-state index contributed by atoms with van der Waals surface area (Å²) in [7, 11) is 0. The van der Waals surface area contributed by atoms with Crippen LogP contribution in [0.25, 0.3) is 10.9 Å². The maximum Gasteiger partial charge on any atom is 0.258 e. The number of β-lactam (4-membered cyclic amide) rings is 1. The minimum Gasteiger partial charge on any atom is -0.377 e. The lowest BCUT2D eigenvalue weighted by Gasteiger charge is -2.60. The summed E-state index contributed by atoms with van der Waals surface area (Å²) < 4.78 is 0. The molecule has 0 bridgehead atoms. The molecular formula is C19H24N2O2. The zero-order valence-corrected chi connectivity index (χ0v) is 14.4. The largest absolute Gasteiger partial charge is 0.377 e. The third kappa shape index (κ3) is 2.08. The molecule has 4 nitrogen and oxygen atoms in total. The van der Waals surface area contributed by atoms with Crippen LogP contribution in [-0.4, -0.2) is 32.5 Å². The van der Waals surface area contributed by atoms with E-state index in [0.29, 0.717) is 0 Å². The fraction of sp³-hybridized carbons (Fsp3) is 0.474. The van der Waals surface area contributed by atoms with Gasteiger partial charge in [0.25, 0.3) is 5.91 Å². The number of para-hydroxylation sites is 1. The summed E-state index contributed by atoms with van der Waals surface area (Å²) in [5.41, 5.74) is -0.213. The van der Waals surface area contributed by atoms with Gasteiger partial charge in [0, 0.05) is 28.6 Å². The molecule has 0 aliphatic carbocycles. The van der Waals surface area contributed by atoms with Crippen molar-refractivity contribution < 1.29 is 9.90 Å². The Bertz CT molecular complexity index is 758. The van der Waals surface area contributed by atoms with Gasteiger partial charge >= 0.3 is 0 Å². The van der Waals surface area contributed by atoms with Gasteiger partial charge in [0.1, 0.15) is 0 Å². The zero-order valence-electron chi connectivity index (χ0n) is 14.4. The molecule has 0 spiro atoms. The standard InChI is InChI=1S/C19H24N2O2/c1-12(2)21-16(19(23,17(21)22)18(3,4)5)14-10-6-8-13-9-7-11-20-15(13)14/h6-12,16,23H,1-5H3. The van der Waals surface area contributed by atoms with Crippen molar-refractivity contribution in [1.82, 2.24) is 9.88 Å². The molecule has 2 atom stereocenters. The van der Waals surface area contributed by atoms with Crippen LogP contribution in [0.4, 0.5) is 0 Å². The Kier molecular flexibility index (Phi) is 3.49. The molecule has 1 aliphatic heterocycles. The maximum absolute atomic E-state index is 12.7. The van der Waals surface area contributed by atoms with Gasteiger partial charge in [0.05, 0.1) is 11.6 Å². The highest BCUT2D eigenvalue weighted by Crippen LogP contribution is 2.54. The van der Waals surface area contributed by atoms with Gasteiger partial charge < -0.3 is 10.0 Å². The van der Waals surface area contributed by atoms with Gasteiger partial charge in [-0.15, -0.1) is 0 Å². The quantitative estimate of drug-likeness (QED) is 0.866. The van der Waals surface area contributed by atoms with Crippen molar-refractivity contribution in [3.05, 3.63) is 42.1 Å². The van der Waals surface area contributed by atoms with Crippen LogP contribution in [0.15, 0.2) is 36.5 Å². The molecule has 23 heavy (non-hydrogen) atoms. The van der Waals surface area contributed by atoms with Crippen molar-refractivity contribution in [2.24, 2.45) is 5.41 Å². The highest BCUT2D eigenvalue weighted by Gasteiger charge is 2.66.